The predicted molar refractivity (Wildman–Crippen MR) is 117 cm³/mol. The van der Waals surface area contributed by atoms with E-state index in [9.17, 15) is 5.11 Å². The van der Waals surface area contributed by atoms with Crippen LogP contribution in [0.2, 0.25) is 0 Å². The Morgan fingerprint density at radius 3 is 2.66 bits per heavy atom. The molecular weight excluding hydrogens is 360 g/mol. The van der Waals surface area contributed by atoms with Crippen LogP contribution in [0.1, 0.15) is 36.0 Å². The Morgan fingerprint density at radius 2 is 1.86 bits per heavy atom. The van der Waals surface area contributed by atoms with Gasteiger partial charge in [0.05, 0.1) is 17.7 Å². The summed E-state index contributed by atoms with van der Waals surface area (Å²) in [6, 6.07) is 16.5. The van der Waals surface area contributed by atoms with E-state index in [1.807, 2.05) is 24.4 Å². The fourth-order valence-electron chi connectivity index (χ4n) is 4.19. The number of hydrogen-bond donors (Lipinski definition) is 1. The zero-order valence-corrected chi connectivity index (χ0v) is 17.4. The van der Waals surface area contributed by atoms with Gasteiger partial charge in [0, 0.05) is 36.8 Å². The molecule has 0 spiro atoms. The van der Waals surface area contributed by atoms with Crippen molar-refractivity contribution in [2.75, 3.05) is 26.2 Å². The van der Waals surface area contributed by atoms with Gasteiger partial charge < -0.3 is 14.7 Å². The largest absolute Gasteiger partial charge is 0.493 e. The number of para-hydroxylation sites is 1. The van der Waals surface area contributed by atoms with Gasteiger partial charge in [-0.05, 0) is 56.9 Å². The molecule has 0 aliphatic carbocycles. The molecule has 0 amide bonds. The van der Waals surface area contributed by atoms with Gasteiger partial charge in [0.1, 0.15) is 5.75 Å². The summed E-state index contributed by atoms with van der Waals surface area (Å²) in [5.74, 6) is 0.979. The zero-order chi connectivity index (χ0) is 20.3. The molecule has 4 heteroatoms. The van der Waals surface area contributed by atoms with Crippen molar-refractivity contribution >= 4 is 10.9 Å². The number of ether oxygens (including phenoxy) is 1. The standard InChI is InChI=1S/C25H30N2O2/c1-19-8-9-24(20(2)16-19)29-15-5-12-27-13-10-25(28,11-14-27)22-17-21-6-3-4-7-23(21)26-18-22/h3-4,6-9,16-18,28H,5,10-15H2,1-2H3. The third kappa shape index (κ3) is 4.60. The van der Waals surface area contributed by atoms with Crippen LogP contribution in [0.3, 0.4) is 0 Å². The smallest absolute Gasteiger partial charge is 0.122 e. The number of piperidine rings is 1. The summed E-state index contributed by atoms with van der Waals surface area (Å²) in [5, 5.41) is 12.3. The van der Waals surface area contributed by atoms with E-state index in [1.165, 1.54) is 11.1 Å². The summed E-state index contributed by atoms with van der Waals surface area (Å²) in [4.78, 5) is 6.96. The topological polar surface area (TPSA) is 45.6 Å². The summed E-state index contributed by atoms with van der Waals surface area (Å²) in [7, 11) is 0. The Morgan fingerprint density at radius 1 is 1.07 bits per heavy atom. The number of likely N-dealkylation sites (tertiary alicyclic amines) is 1. The average Bonchev–Trinajstić information content (AvgIpc) is 2.73. The third-order valence-electron chi connectivity index (χ3n) is 6.02. The van der Waals surface area contributed by atoms with Crippen LogP contribution < -0.4 is 4.74 Å². The molecule has 2 aromatic carbocycles. The highest BCUT2D eigenvalue weighted by molar-refractivity contribution is 5.78. The molecule has 1 aromatic heterocycles. The number of fused-ring (bicyclic) bond motifs is 1. The maximum absolute atomic E-state index is 11.2. The van der Waals surface area contributed by atoms with Gasteiger partial charge in [-0.3, -0.25) is 4.98 Å². The monoisotopic (exact) mass is 390 g/mol. The molecule has 1 aliphatic rings. The van der Waals surface area contributed by atoms with Crippen LogP contribution in [0.4, 0.5) is 0 Å². The normalized spacial score (nSPS) is 16.8. The van der Waals surface area contributed by atoms with Crippen molar-refractivity contribution in [3.8, 4) is 5.75 Å². The minimum absolute atomic E-state index is 0.721. The van der Waals surface area contributed by atoms with Crippen LogP contribution in [-0.2, 0) is 5.60 Å². The number of nitrogens with zero attached hydrogens (tertiary/aromatic N) is 2. The Balaban J connectivity index is 1.27. The highest BCUT2D eigenvalue weighted by Gasteiger charge is 2.34. The van der Waals surface area contributed by atoms with Crippen LogP contribution in [0.15, 0.2) is 54.7 Å². The van der Waals surface area contributed by atoms with Gasteiger partial charge in [0.25, 0.3) is 0 Å². The van der Waals surface area contributed by atoms with E-state index in [0.717, 1.165) is 67.7 Å². The highest BCUT2D eigenvalue weighted by Crippen LogP contribution is 2.33. The van der Waals surface area contributed by atoms with Gasteiger partial charge in [-0.15, -0.1) is 0 Å². The number of pyridine rings is 1. The van der Waals surface area contributed by atoms with E-state index in [-0.39, 0.29) is 0 Å². The molecule has 4 rings (SSSR count). The van der Waals surface area contributed by atoms with Crippen molar-refractivity contribution in [3.05, 3.63) is 71.4 Å². The van der Waals surface area contributed by atoms with Crippen molar-refractivity contribution in [1.29, 1.82) is 0 Å². The molecule has 3 aromatic rings. The van der Waals surface area contributed by atoms with Gasteiger partial charge in [0.2, 0.25) is 0 Å². The Bertz CT molecular complexity index is 977. The van der Waals surface area contributed by atoms with Crippen molar-refractivity contribution in [2.24, 2.45) is 0 Å². The number of aliphatic hydroxyl groups is 1. The summed E-state index contributed by atoms with van der Waals surface area (Å²) >= 11 is 0. The molecule has 0 radical (unpaired) electrons. The van der Waals surface area contributed by atoms with E-state index in [4.69, 9.17) is 4.74 Å². The molecule has 1 N–H and O–H groups in total. The van der Waals surface area contributed by atoms with Crippen molar-refractivity contribution < 1.29 is 9.84 Å². The molecule has 0 bridgehead atoms. The zero-order valence-electron chi connectivity index (χ0n) is 17.4. The molecule has 152 valence electrons. The molecule has 1 fully saturated rings. The lowest BCUT2D eigenvalue weighted by Gasteiger charge is -2.38. The lowest BCUT2D eigenvalue weighted by atomic mass is 9.85. The summed E-state index contributed by atoms with van der Waals surface area (Å²) in [6.45, 7) is 7.70. The molecule has 4 nitrogen and oxygen atoms in total. The van der Waals surface area contributed by atoms with Crippen LogP contribution in [0, 0.1) is 13.8 Å². The second-order valence-electron chi connectivity index (χ2n) is 8.26. The van der Waals surface area contributed by atoms with Crippen LogP contribution in [-0.4, -0.2) is 41.2 Å². The molecule has 0 atom stereocenters. The third-order valence-corrected chi connectivity index (χ3v) is 6.02. The maximum Gasteiger partial charge on any atom is 0.122 e. The van der Waals surface area contributed by atoms with E-state index < -0.39 is 5.60 Å². The molecule has 0 saturated carbocycles. The van der Waals surface area contributed by atoms with E-state index in [1.54, 1.807) is 0 Å². The van der Waals surface area contributed by atoms with E-state index in [0.29, 0.717) is 0 Å². The first-order valence-corrected chi connectivity index (χ1v) is 10.5. The summed E-state index contributed by atoms with van der Waals surface area (Å²) in [5.41, 5.74) is 3.59. The first-order chi connectivity index (χ1) is 14.0. The van der Waals surface area contributed by atoms with Crippen LogP contribution >= 0.6 is 0 Å². The molecule has 0 unspecified atom stereocenters. The molecule has 29 heavy (non-hydrogen) atoms. The number of benzene rings is 2. The minimum atomic E-state index is -0.775. The molecular formula is C25H30N2O2. The second kappa shape index (κ2) is 8.52. The Kier molecular flexibility index (Phi) is 5.84. The predicted octanol–water partition coefficient (Wildman–Crippen LogP) is 4.60. The lowest BCUT2D eigenvalue weighted by Crippen LogP contribution is -2.43. The highest BCUT2D eigenvalue weighted by atomic mass is 16.5. The van der Waals surface area contributed by atoms with Gasteiger partial charge in [-0.1, -0.05) is 35.9 Å². The van der Waals surface area contributed by atoms with Gasteiger partial charge in [-0.25, -0.2) is 0 Å². The second-order valence-corrected chi connectivity index (χ2v) is 8.26. The Labute approximate surface area is 173 Å². The van der Waals surface area contributed by atoms with Gasteiger partial charge in [-0.2, -0.15) is 0 Å². The number of aryl methyl sites for hydroxylation is 2. The Hall–Kier alpha value is -2.43. The minimum Gasteiger partial charge on any atom is -0.493 e. The van der Waals surface area contributed by atoms with Crippen LogP contribution in [0.25, 0.3) is 10.9 Å². The van der Waals surface area contributed by atoms with Crippen molar-refractivity contribution in [1.82, 2.24) is 9.88 Å². The maximum atomic E-state index is 11.2. The fourth-order valence-corrected chi connectivity index (χ4v) is 4.19. The SMILES string of the molecule is Cc1ccc(OCCCN2CCC(O)(c3cnc4ccccc4c3)CC2)c(C)c1. The average molecular weight is 391 g/mol. The summed E-state index contributed by atoms with van der Waals surface area (Å²) < 4.78 is 5.95. The number of hydrogen-bond acceptors (Lipinski definition) is 4. The van der Waals surface area contributed by atoms with Crippen LogP contribution in [0.5, 0.6) is 5.75 Å². The van der Waals surface area contributed by atoms with E-state index >= 15 is 0 Å². The van der Waals surface area contributed by atoms with E-state index in [2.05, 4.69) is 54.1 Å². The van der Waals surface area contributed by atoms with Gasteiger partial charge >= 0.3 is 0 Å². The molecule has 1 saturated heterocycles. The first-order valence-electron chi connectivity index (χ1n) is 10.5. The first kappa shape index (κ1) is 19.9. The summed E-state index contributed by atoms with van der Waals surface area (Å²) in [6.07, 6.45) is 4.31. The quantitative estimate of drug-likeness (QED) is 0.625. The fraction of sp³-hybridized carbons (Fsp3) is 0.400. The van der Waals surface area contributed by atoms with Gasteiger partial charge in [0.15, 0.2) is 0 Å². The number of rotatable bonds is 6. The van der Waals surface area contributed by atoms with Crippen molar-refractivity contribution in [3.63, 3.8) is 0 Å². The van der Waals surface area contributed by atoms with Crippen molar-refractivity contribution in [2.45, 2.75) is 38.7 Å². The lowest BCUT2D eigenvalue weighted by molar-refractivity contribution is -0.0266. The molecule has 2 heterocycles. The number of aromatic nitrogens is 1. The molecule has 1 aliphatic heterocycles.